The van der Waals surface area contributed by atoms with Crippen LogP contribution in [-0.4, -0.2) is 16.2 Å². The van der Waals surface area contributed by atoms with Crippen molar-refractivity contribution < 1.29 is 9.13 Å². The zero-order valence-electron chi connectivity index (χ0n) is 11.2. The normalized spacial score (nSPS) is 11.0. The minimum absolute atomic E-state index is 0.227. The Bertz CT molecular complexity index is 872. The van der Waals surface area contributed by atoms with Crippen LogP contribution >= 0.6 is 23.8 Å². The number of benzene rings is 2. The molecule has 0 aliphatic rings. The van der Waals surface area contributed by atoms with E-state index in [1.807, 2.05) is 19.1 Å². The molecule has 1 aromatic heterocycles. The lowest BCUT2D eigenvalue weighted by Gasteiger charge is -2.08. The van der Waals surface area contributed by atoms with Crippen LogP contribution in [0.1, 0.15) is 6.92 Å². The maximum absolute atomic E-state index is 14.0. The lowest BCUT2D eigenvalue weighted by atomic mass is 10.2. The first-order chi connectivity index (χ1) is 10.1. The Morgan fingerprint density at radius 1 is 1.33 bits per heavy atom. The number of rotatable bonds is 3. The molecule has 0 bridgehead atoms. The first-order valence-electron chi connectivity index (χ1n) is 6.43. The van der Waals surface area contributed by atoms with Gasteiger partial charge in [0.15, 0.2) is 16.3 Å². The molecule has 0 atom stereocenters. The molecule has 21 heavy (non-hydrogen) atoms. The van der Waals surface area contributed by atoms with Crippen LogP contribution in [0.5, 0.6) is 5.75 Å². The maximum Gasteiger partial charge on any atom is 0.182 e. The average molecular weight is 323 g/mol. The van der Waals surface area contributed by atoms with Gasteiger partial charge in [-0.25, -0.2) is 4.39 Å². The molecule has 6 heteroatoms. The van der Waals surface area contributed by atoms with Gasteiger partial charge in [0.25, 0.3) is 0 Å². The molecule has 0 radical (unpaired) electrons. The fourth-order valence-electron chi connectivity index (χ4n) is 2.25. The van der Waals surface area contributed by atoms with Crippen LogP contribution < -0.4 is 4.74 Å². The largest absolute Gasteiger partial charge is 0.491 e. The van der Waals surface area contributed by atoms with Gasteiger partial charge in [-0.2, -0.15) is 0 Å². The summed E-state index contributed by atoms with van der Waals surface area (Å²) in [6.07, 6.45) is 0. The van der Waals surface area contributed by atoms with Crippen LogP contribution in [0.3, 0.4) is 0 Å². The molecule has 0 aliphatic carbocycles. The third-order valence-electron chi connectivity index (χ3n) is 3.14. The average Bonchev–Trinajstić information content (AvgIpc) is 2.79. The van der Waals surface area contributed by atoms with Crippen molar-refractivity contribution in [2.24, 2.45) is 0 Å². The van der Waals surface area contributed by atoms with Crippen LogP contribution in [0.25, 0.3) is 16.7 Å². The molecular formula is C15H12ClFN2OS. The minimum Gasteiger partial charge on any atom is -0.491 e. The lowest BCUT2D eigenvalue weighted by Crippen LogP contribution is -1.98. The van der Waals surface area contributed by atoms with E-state index in [1.165, 1.54) is 6.07 Å². The van der Waals surface area contributed by atoms with Crippen LogP contribution in [0, 0.1) is 10.6 Å². The SMILES string of the molecule is CCOc1ccc(-n2c(=S)[nH]c3c(Cl)cccc32)cc1F. The number of halogens is 2. The number of hydrogen-bond acceptors (Lipinski definition) is 2. The van der Waals surface area contributed by atoms with Crippen molar-refractivity contribution in [3.8, 4) is 11.4 Å². The Hall–Kier alpha value is -1.85. The smallest absolute Gasteiger partial charge is 0.182 e. The highest BCUT2D eigenvalue weighted by Gasteiger charge is 2.11. The highest BCUT2D eigenvalue weighted by Crippen LogP contribution is 2.27. The number of nitrogens with zero attached hydrogens (tertiary/aromatic N) is 1. The fourth-order valence-corrected chi connectivity index (χ4v) is 2.78. The summed E-state index contributed by atoms with van der Waals surface area (Å²) in [5, 5.41) is 0.573. The predicted molar refractivity (Wildman–Crippen MR) is 84.6 cm³/mol. The van der Waals surface area contributed by atoms with Crippen molar-refractivity contribution in [2.75, 3.05) is 6.61 Å². The molecule has 1 heterocycles. The van der Waals surface area contributed by atoms with E-state index in [-0.39, 0.29) is 5.75 Å². The standard InChI is InChI=1S/C15H12ClFN2OS/c1-2-20-13-7-6-9(8-11(13)17)19-12-5-3-4-10(16)14(12)18-15(19)21/h3-8H,2H2,1H3,(H,18,21). The number of imidazole rings is 1. The second-order valence-electron chi connectivity index (χ2n) is 4.45. The van der Waals surface area contributed by atoms with Crippen molar-refractivity contribution in [3.63, 3.8) is 0 Å². The summed E-state index contributed by atoms with van der Waals surface area (Å²) in [6, 6.07) is 10.2. The molecule has 3 nitrogen and oxygen atoms in total. The summed E-state index contributed by atoms with van der Waals surface area (Å²) < 4.78 is 21.4. The van der Waals surface area contributed by atoms with Crippen LogP contribution in [0.15, 0.2) is 36.4 Å². The Labute approximate surface area is 130 Å². The zero-order valence-corrected chi connectivity index (χ0v) is 12.8. The van der Waals surface area contributed by atoms with Gasteiger partial charge in [-0.3, -0.25) is 4.57 Å². The van der Waals surface area contributed by atoms with E-state index in [4.69, 9.17) is 28.6 Å². The Morgan fingerprint density at radius 2 is 2.14 bits per heavy atom. The zero-order chi connectivity index (χ0) is 15.0. The molecule has 0 aliphatic heterocycles. The van der Waals surface area contributed by atoms with E-state index in [1.54, 1.807) is 22.8 Å². The third kappa shape index (κ3) is 2.43. The number of para-hydroxylation sites is 1. The lowest BCUT2D eigenvalue weighted by molar-refractivity contribution is 0.321. The predicted octanol–water partition coefficient (Wildman–Crippen LogP) is 4.88. The van der Waals surface area contributed by atoms with Gasteiger partial charge in [-0.1, -0.05) is 17.7 Å². The molecule has 3 aromatic rings. The second kappa shape index (κ2) is 5.50. The van der Waals surface area contributed by atoms with Crippen LogP contribution in [0.4, 0.5) is 4.39 Å². The summed E-state index contributed by atoms with van der Waals surface area (Å²) in [7, 11) is 0. The number of H-pyrrole nitrogens is 1. The summed E-state index contributed by atoms with van der Waals surface area (Å²) in [5.41, 5.74) is 2.16. The van der Waals surface area contributed by atoms with Gasteiger partial charge in [0.2, 0.25) is 0 Å². The van der Waals surface area contributed by atoms with Gasteiger partial charge < -0.3 is 9.72 Å². The first-order valence-corrected chi connectivity index (χ1v) is 7.22. The Kier molecular flexibility index (Phi) is 3.69. The summed E-state index contributed by atoms with van der Waals surface area (Å²) >= 11 is 11.5. The summed E-state index contributed by atoms with van der Waals surface area (Å²) in [5.74, 6) is -0.196. The maximum atomic E-state index is 14.0. The van der Waals surface area contributed by atoms with E-state index in [9.17, 15) is 4.39 Å². The minimum atomic E-state index is -0.423. The molecule has 3 rings (SSSR count). The molecular weight excluding hydrogens is 311 g/mol. The van der Waals surface area contributed by atoms with E-state index in [0.29, 0.717) is 22.1 Å². The monoisotopic (exact) mass is 322 g/mol. The van der Waals surface area contributed by atoms with Gasteiger partial charge in [-0.15, -0.1) is 0 Å². The fraction of sp³-hybridized carbons (Fsp3) is 0.133. The van der Waals surface area contributed by atoms with E-state index in [0.717, 1.165) is 11.0 Å². The van der Waals surface area contributed by atoms with E-state index in [2.05, 4.69) is 4.98 Å². The number of nitrogens with one attached hydrogen (secondary N) is 1. The molecule has 2 aromatic carbocycles. The number of hydrogen-bond donors (Lipinski definition) is 1. The molecule has 0 unspecified atom stereocenters. The highest BCUT2D eigenvalue weighted by atomic mass is 35.5. The van der Waals surface area contributed by atoms with Gasteiger partial charge in [0.1, 0.15) is 0 Å². The number of ether oxygens (including phenoxy) is 1. The highest BCUT2D eigenvalue weighted by molar-refractivity contribution is 7.71. The summed E-state index contributed by atoms with van der Waals surface area (Å²) in [4.78, 5) is 3.05. The van der Waals surface area contributed by atoms with Crippen molar-refractivity contribution in [1.82, 2.24) is 9.55 Å². The quantitative estimate of drug-likeness (QED) is 0.696. The molecule has 0 amide bonds. The molecule has 1 N–H and O–H groups in total. The van der Waals surface area contributed by atoms with Crippen LogP contribution in [-0.2, 0) is 0 Å². The summed E-state index contributed by atoms with van der Waals surface area (Å²) in [6.45, 7) is 2.23. The number of fused-ring (bicyclic) bond motifs is 1. The molecule has 108 valence electrons. The van der Waals surface area contributed by atoms with Crippen molar-refractivity contribution in [2.45, 2.75) is 6.92 Å². The van der Waals surface area contributed by atoms with Gasteiger partial charge in [0, 0.05) is 6.07 Å². The van der Waals surface area contributed by atoms with Crippen molar-refractivity contribution in [1.29, 1.82) is 0 Å². The number of aromatic amines is 1. The Morgan fingerprint density at radius 3 is 2.86 bits per heavy atom. The molecule has 0 spiro atoms. The van der Waals surface area contributed by atoms with E-state index < -0.39 is 5.82 Å². The van der Waals surface area contributed by atoms with Gasteiger partial charge in [-0.05, 0) is 43.4 Å². The Balaban J connectivity index is 2.21. The van der Waals surface area contributed by atoms with E-state index >= 15 is 0 Å². The van der Waals surface area contributed by atoms with Gasteiger partial charge in [0.05, 0.1) is 28.4 Å². The van der Waals surface area contributed by atoms with Crippen LogP contribution in [0.2, 0.25) is 5.02 Å². The second-order valence-corrected chi connectivity index (χ2v) is 5.24. The van der Waals surface area contributed by atoms with Gasteiger partial charge >= 0.3 is 0 Å². The molecule has 0 saturated carbocycles. The van der Waals surface area contributed by atoms with Crippen molar-refractivity contribution >= 4 is 34.9 Å². The number of aromatic nitrogens is 2. The van der Waals surface area contributed by atoms with Crippen molar-refractivity contribution in [3.05, 3.63) is 52.0 Å². The molecule has 0 fully saturated rings. The topological polar surface area (TPSA) is 29.9 Å². The first kappa shape index (κ1) is 14.1. The third-order valence-corrected chi connectivity index (χ3v) is 3.74. The molecule has 0 saturated heterocycles.